The van der Waals surface area contributed by atoms with Crippen molar-refractivity contribution in [2.24, 2.45) is 4.99 Å². The largest absolute Gasteiger partial charge is 0.497 e. The third-order valence-electron chi connectivity index (χ3n) is 4.21. The number of terminal acetylenes is 1. The van der Waals surface area contributed by atoms with Crippen LogP contribution in [-0.2, 0) is 0 Å². The lowest BCUT2D eigenvalue weighted by Gasteiger charge is -2.27. The molecule has 1 fully saturated rings. The zero-order valence-corrected chi connectivity index (χ0v) is 14.7. The normalized spacial score (nSPS) is 16.5. The fraction of sp³-hybridized carbons (Fsp3) is 0.526. The number of nitrogens with one attached hydrogen (secondary N) is 2. The maximum Gasteiger partial charge on any atom is 0.192 e. The molecule has 1 atom stereocenters. The second-order valence-corrected chi connectivity index (χ2v) is 5.81. The first-order valence-corrected chi connectivity index (χ1v) is 8.62. The number of guanidine groups is 1. The van der Waals surface area contributed by atoms with Crippen molar-refractivity contribution in [3.8, 4) is 18.1 Å². The predicted octanol–water partition coefficient (Wildman–Crippen LogP) is 2.02. The highest BCUT2D eigenvalue weighted by Gasteiger charge is 2.23. The van der Waals surface area contributed by atoms with Gasteiger partial charge < -0.3 is 15.4 Å². The number of nitrogens with zero attached hydrogens (tertiary/aromatic N) is 2. The van der Waals surface area contributed by atoms with E-state index in [0.717, 1.165) is 31.3 Å². The summed E-state index contributed by atoms with van der Waals surface area (Å²) in [5, 5.41) is 6.39. The van der Waals surface area contributed by atoms with Crippen LogP contribution in [0.3, 0.4) is 0 Å². The van der Waals surface area contributed by atoms with E-state index in [4.69, 9.17) is 16.2 Å². The van der Waals surface area contributed by atoms with Gasteiger partial charge in [-0.3, -0.25) is 9.89 Å². The van der Waals surface area contributed by atoms with E-state index in [1.165, 1.54) is 18.4 Å². The molecule has 5 nitrogen and oxygen atoms in total. The van der Waals surface area contributed by atoms with Crippen LogP contribution in [0.4, 0.5) is 0 Å². The van der Waals surface area contributed by atoms with E-state index in [-0.39, 0.29) is 6.04 Å². The van der Waals surface area contributed by atoms with Crippen molar-refractivity contribution in [1.82, 2.24) is 15.5 Å². The van der Waals surface area contributed by atoms with Crippen molar-refractivity contribution < 1.29 is 4.74 Å². The molecule has 2 N–H and O–H groups in total. The van der Waals surface area contributed by atoms with Crippen LogP contribution in [0, 0.1) is 12.3 Å². The molecule has 0 aromatic heterocycles. The summed E-state index contributed by atoms with van der Waals surface area (Å²) < 4.78 is 5.27. The SMILES string of the molecule is C#CCNC(=NCC(c1ccc(OC)cc1)N1CCCC1)NCC. The zero-order valence-electron chi connectivity index (χ0n) is 14.7. The summed E-state index contributed by atoms with van der Waals surface area (Å²) >= 11 is 0. The van der Waals surface area contributed by atoms with Crippen LogP contribution in [0.1, 0.15) is 31.4 Å². The number of hydrogen-bond donors (Lipinski definition) is 2. The van der Waals surface area contributed by atoms with E-state index < -0.39 is 0 Å². The Morgan fingerprint density at radius 3 is 2.58 bits per heavy atom. The molecule has 0 amide bonds. The van der Waals surface area contributed by atoms with Gasteiger partial charge in [0.1, 0.15) is 5.75 Å². The minimum absolute atomic E-state index is 0.277. The molecule has 0 bridgehead atoms. The van der Waals surface area contributed by atoms with Crippen molar-refractivity contribution in [3.05, 3.63) is 29.8 Å². The molecule has 0 aliphatic carbocycles. The van der Waals surface area contributed by atoms with Gasteiger partial charge in [-0.1, -0.05) is 18.1 Å². The summed E-state index contributed by atoms with van der Waals surface area (Å²) in [5.41, 5.74) is 1.27. The Hall–Kier alpha value is -2.19. The minimum atomic E-state index is 0.277. The van der Waals surface area contributed by atoms with E-state index in [1.807, 2.05) is 12.1 Å². The van der Waals surface area contributed by atoms with Crippen LogP contribution in [0.25, 0.3) is 0 Å². The zero-order chi connectivity index (χ0) is 17.2. The third kappa shape index (κ3) is 5.17. The third-order valence-corrected chi connectivity index (χ3v) is 4.21. The molecule has 1 heterocycles. The Kier molecular flexibility index (Phi) is 7.44. The fourth-order valence-corrected chi connectivity index (χ4v) is 2.97. The van der Waals surface area contributed by atoms with Crippen LogP contribution in [0.2, 0.25) is 0 Å². The van der Waals surface area contributed by atoms with Gasteiger partial charge in [0.15, 0.2) is 5.96 Å². The van der Waals surface area contributed by atoms with Gasteiger partial charge in [0.05, 0.1) is 26.2 Å². The van der Waals surface area contributed by atoms with Crippen molar-refractivity contribution >= 4 is 5.96 Å². The second-order valence-electron chi connectivity index (χ2n) is 5.81. The minimum Gasteiger partial charge on any atom is -0.497 e. The molecule has 5 heteroatoms. The Morgan fingerprint density at radius 2 is 2.00 bits per heavy atom. The maximum atomic E-state index is 5.33. The van der Waals surface area contributed by atoms with Gasteiger partial charge >= 0.3 is 0 Å². The average Bonchev–Trinajstić information content (AvgIpc) is 3.14. The smallest absolute Gasteiger partial charge is 0.192 e. The molecule has 0 spiro atoms. The van der Waals surface area contributed by atoms with Crippen molar-refractivity contribution in [3.63, 3.8) is 0 Å². The standard InChI is InChI=1S/C19H28N4O/c1-4-12-21-19(20-5-2)22-15-18(23-13-6-7-14-23)16-8-10-17(24-3)11-9-16/h1,8-11,18H,5-7,12-15H2,2-3H3,(H2,20,21,22). The predicted molar refractivity (Wildman–Crippen MR) is 99.4 cm³/mol. The summed E-state index contributed by atoms with van der Waals surface area (Å²) in [7, 11) is 1.69. The molecule has 24 heavy (non-hydrogen) atoms. The highest BCUT2D eigenvalue weighted by molar-refractivity contribution is 5.80. The quantitative estimate of drug-likeness (QED) is 0.457. The first kappa shape index (κ1) is 18.2. The first-order valence-electron chi connectivity index (χ1n) is 8.62. The molecule has 1 aliphatic heterocycles. The van der Waals surface area contributed by atoms with Gasteiger partial charge in [0.2, 0.25) is 0 Å². The molecule has 130 valence electrons. The summed E-state index contributed by atoms with van der Waals surface area (Å²) in [6.07, 6.45) is 7.84. The lowest BCUT2D eigenvalue weighted by atomic mass is 10.1. The summed E-state index contributed by atoms with van der Waals surface area (Å²) in [6.45, 7) is 6.29. The Morgan fingerprint density at radius 1 is 1.29 bits per heavy atom. The number of methoxy groups -OCH3 is 1. The Balaban J connectivity index is 2.14. The molecule has 0 saturated carbocycles. The molecular weight excluding hydrogens is 300 g/mol. The van der Waals surface area contributed by atoms with Crippen molar-refractivity contribution in [2.75, 3.05) is 39.8 Å². The van der Waals surface area contributed by atoms with Gasteiger partial charge in [0.25, 0.3) is 0 Å². The summed E-state index contributed by atoms with van der Waals surface area (Å²) in [6, 6.07) is 8.59. The molecular formula is C19H28N4O. The first-order chi connectivity index (χ1) is 11.8. The van der Waals surface area contributed by atoms with Gasteiger partial charge in [-0.05, 0) is 50.6 Å². The molecule has 1 aliphatic rings. The molecule has 1 saturated heterocycles. The molecule has 2 rings (SSSR count). The van der Waals surface area contributed by atoms with Gasteiger partial charge in [-0.2, -0.15) is 0 Å². The molecule has 1 aromatic carbocycles. The highest BCUT2D eigenvalue weighted by Crippen LogP contribution is 2.27. The summed E-state index contributed by atoms with van der Waals surface area (Å²) in [5.74, 6) is 4.24. The average molecular weight is 328 g/mol. The van der Waals surface area contributed by atoms with Crippen LogP contribution in [0.15, 0.2) is 29.3 Å². The van der Waals surface area contributed by atoms with Crippen molar-refractivity contribution in [2.45, 2.75) is 25.8 Å². The van der Waals surface area contributed by atoms with Crippen molar-refractivity contribution in [1.29, 1.82) is 0 Å². The fourth-order valence-electron chi connectivity index (χ4n) is 2.97. The number of likely N-dealkylation sites (tertiary alicyclic amines) is 1. The number of rotatable bonds is 7. The number of benzene rings is 1. The lowest BCUT2D eigenvalue weighted by Crippen LogP contribution is -2.38. The van der Waals surface area contributed by atoms with E-state index in [1.54, 1.807) is 7.11 Å². The van der Waals surface area contributed by atoms with Gasteiger partial charge in [-0.15, -0.1) is 6.42 Å². The topological polar surface area (TPSA) is 48.9 Å². The Labute approximate surface area is 145 Å². The lowest BCUT2D eigenvalue weighted by molar-refractivity contribution is 0.251. The second kappa shape index (κ2) is 9.84. The monoisotopic (exact) mass is 328 g/mol. The van der Waals surface area contributed by atoms with Gasteiger partial charge in [-0.25, -0.2) is 0 Å². The van der Waals surface area contributed by atoms with E-state index in [9.17, 15) is 0 Å². The Bertz CT molecular complexity index is 556. The van der Waals surface area contributed by atoms with Crippen LogP contribution in [0.5, 0.6) is 5.75 Å². The van der Waals surface area contributed by atoms with E-state index in [2.05, 4.69) is 40.5 Å². The van der Waals surface area contributed by atoms with Crippen LogP contribution >= 0.6 is 0 Å². The van der Waals surface area contributed by atoms with Crippen LogP contribution < -0.4 is 15.4 Å². The molecule has 1 unspecified atom stereocenters. The van der Waals surface area contributed by atoms with Gasteiger partial charge in [0, 0.05) is 6.54 Å². The molecule has 1 aromatic rings. The highest BCUT2D eigenvalue weighted by atomic mass is 16.5. The molecule has 0 radical (unpaired) electrons. The number of hydrogen-bond acceptors (Lipinski definition) is 3. The maximum absolute atomic E-state index is 5.33. The number of ether oxygens (including phenoxy) is 1. The van der Waals surface area contributed by atoms with Crippen LogP contribution in [-0.4, -0.2) is 50.7 Å². The van der Waals surface area contributed by atoms with E-state index >= 15 is 0 Å². The number of aliphatic imine (C=N–C) groups is 1. The van der Waals surface area contributed by atoms with E-state index in [0.29, 0.717) is 13.1 Å². The summed E-state index contributed by atoms with van der Waals surface area (Å²) in [4.78, 5) is 7.25.